The Morgan fingerprint density at radius 1 is 1.44 bits per heavy atom. The van der Waals surface area contributed by atoms with Crippen molar-refractivity contribution >= 4 is 6.09 Å². The van der Waals surface area contributed by atoms with E-state index in [0.29, 0.717) is 6.42 Å². The van der Waals surface area contributed by atoms with Gasteiger partial charge in [0.1, 0.15) is 11.8 Å². The molecule has 3 fully saturated rings. The highest BCUT2D eigenvalue weighted by Crippen LogP contribution is 2.41. The summed E-state index contributed by atoms with van der Waals surface area (Å²) in [5, 5.41) is 9.43. The number of amides is 1. The lowest BCUT2D eigenvalue weighted by molar-refractivity contribution is -0.0821. The van der Waals surface area contributed by atoms with Crippen LogP contribution in [-0.2, 0) is 4.74 Å². The van der Waals surface area contributed by atoms with Crippen LogP contribution in [-0.4, -0.2) is 46.6 Å². The smallest absolute Gasteiger partial charge is 0.410 e. The molecule has 2 saturated heterocycles. The second-order valence-electron chi connectivity index (χ2n) is 6.28. The van der Waals surface area contributed by atoms with E-state index < -0.39 is 23.9 Å². The molecule has 2 bridgehead atoms. The molecule has 4 atom stereocenters. The second-order valence-corrected chi connectivity index (χ2v) is 6.28. The average molecular weight is 259 g/mol. The number of halogens is 1. The monoisotopic (exact) mass is 259 g/mol. The SMILES string of the molecule is CC(C)(C)OC(=O)N1C2CCC([C@H](F)C2)[C@H]1CO. The number of alkyl halides is 1. The van der Waals surface area contributed by atoms with Crippen LogP contribution in [0.25, 0.3) is 0 Å². The van der Waals surface area contributed by atoms with Crippen molar-refractivity contribution in [3.05, 3.63) is 0 Å². The molecule has 2 aliphatic heterocycles. The number of hydrogen-bond acceptors (Lipinski definition) is 3. The van der Waals surface area contributed by atoms with Gasteiger partial charge in [-0.15, -0.1) is 0 Å². The number of piperidine rings is 2. The molecular weight excluding hydrogens is 237 g/mol. The van der Waals surface area contributed by atoms with Gasteiger partial charge in [-0.2, -0.15) is 0 Å². The van der Waals surface area contributed by atoms with Crippen molar-refractivity contribution in [1.29, 1.82) is 0 Å². The molecule has 2 heterocycles. The van der Waals surface area contributed by atoms with Crippen LogP contribution in [0.4, 0.5) is 9.18 Å². The number of rotatable bonds is 1. The van der Waals surface area contributed by atoms with Crippen LogP contribution >= 0.6 is 0 Å². The van der Waals surface area contributed by atoms with E-state index in [1.54, 1.807) is 25.7 Å². The molecule has 4 nitrogen and oxygen atoms in total. The fraction of sp³-hybridized carbons (Fsp3) is 0.923. The molecule has 104 valence electrons. The summed E-state index contributed by atoms with van der Waals surface area (Å²) in [5.41, 5.74) is -0.567. The minimum atomic E-state index is -0.903. The van der Waals surface area contributed by atoms with Gasteiger partial charge in [0.05, 0.1) is 12.6 Å². The van der Waals surface area contributed by atoms with E-state index in [0.717, 1.165) is 12.8 Å². The van der Waals surface area contributed by atoms with E-state index in [-0.39, 0.29) is 18.6 Å². The van der Waals surface area contributed by atoms with E-state index >= 15 is 0 Å². The lowest BCUT2D eigenvalue weighted by Gasteiger charge is -2.51. The van der Waals surface area contributed by atoms with E-state index in [4.69, 9.17) is 4.74 Å². The zero-order valence-electron chi connectivity index (χ0n) is 11.2. The van der Waals surface area contributed by atoms with Gasteiger partial charge in [-0.3, -0.25) is 4.90 Å². The summed E-state index contributed by atoms with van der Waals surface area (Å²) in [6.45, 7) is 5.22. The second kappa shape index (κ2) is 4.68. The molecule has 1 amide bonds. The van der Waals surface area contributed by atoms with Gasteiger partial charge in [-0.25, -0.2) is 9.18 Å². The third-order valence-corrected chi connectivity index (χ3v) is 3.83. The van der Waals surface area contributed by atoms with Crippen molar-refractivity contribution in [2.24, 2.45) is 5.92 Å². The van der Waals surface area contributed by atoms with Crippen LogP contribution in [0.5, 0.6) is 0 Å². The van der Waals surface area contributed by atoms with Crippen LogP contribution in [0.2, 0.25) is 0 Å². The Balaban J connectivity index is 2.14. The number of aliphatic hydroxyl groups is 1. The Morgan fingerprint density at radius 3 is 2.61 bits per heavy atom. The number of nitrogens with zero attached hydrogens (tertiary/aromatic N) is 1. The maximum absolute atomic E-state index is 13.8. The maximum Gasteiger partial charge on any atom is 0.410 e. The standard InChI is InChI=1S/C13H22FNO3/c1-13(2,3)18-12(17)15-8-4-5-9(10(14)6-8)11(15)7-16/h8-11,16H,4-7H2,1-3H3/t8?,9?,10-,11-/m1/s1. The summed E-state index contributed by atoms with van der Waals surface area (Å²) < 4.78 is 19.2. The van der Waals surface area contributed by atoms with Crippen molar-refractivity contribution in [2.75, 3.05) is 6.61 Å². The minimum absolute atomic E-state index is 0.128. The number of fused-ring (bicyclic) bond motifs is 3. The van der Waals surface area contributed by atoms with Gasteiger partial charge in [-0.05, 0) is 40.0 Å². The third kappa shape index (κ3) is 2.46. The predicted octanol–water partition coefficient (Wildman–Crippen LogP) is 2.10. The predicted molar refractivity (Wildman–Crippen MR) is 65.0 cm³/mol. The Hall–Kier alpha value is -0.840. The first-order valence-electron chi connectivity index (χ1n) is 6.59. The largest absolute Gasteiger partial charge is 0.444 e. The lowest BCUT2D eigenvalue weighted by Crippen LogP contribution is -2.63. The normalized spacial score (nSPS) is 35.7. The number of carbonyl (C=O) groups is 1. The highest BCUT2D eigenvalue weighted by Gasteiger charge is 2.50. The summed E-state index contributed by atoms with van der Waals surface area (Å²) in [5.74, 6) is -0.243. The molecule has 1 saturated carbocycles. The molecule has 5 heteroatoms. The Kier molecular flexibility index (Phi) is 3.54. The molecule has 1 N–H and O–H groups in total. The molecule has 3 aliphatic rings. The summed E-state index contributed by atoms with van der Waals surface area (Å²) in [7, 11) is 0. The van der Waals surface area contributed by atoms with Gasteiger partial charge in [0.25, 0.3) is 0 Å². The molecule has 0 aromatic rings. The van der Waals surface area contributed by atoms with E-state index in [2.05, 4.69) is 0 Å². The number of hydrogen-bond donors (Lipinski definition) is 1. The van der Waals surface area contributed by atoms with Gasteiger partial charge in [0.2, 0.25) is 0 Å². The van der Waals surface area contributed by atoms with E-state index in [1.165, 1.54) is 0 Å². The maximum atomic E-state index is 13.8. The highest BCUT2D eigenvalue weighted by atomic mass is 19.1. The van der Waals surface area contributed by atoms with Gasteiger partial charge >= 0.3 is 6.09 Å². The van der Waals surface area contributed by atoms with Crippen LogP contribution in [0, 0.1) is 5.92 Å². The third-order valence-electron chi connectivity index (χ3n) is 3.83. The quantitative estimate of drug-likeness (QED) is 0.784. The number of aliphatic hydroxyl groups excluding tert-OH is 1. The van der Waals surface area contributed by atoms with Gasteiger partial charge in [0.15, 0.2) is 0 Å². The molecule has 18 heavy (non-hydrogen) atoms. The topological polar surface area (TPSA) is 49.8 Å². The minimum Gasteiger partial charge on any atom is -0.444 e. The van der Waals surface area contributed by atoms with Crippen molar-refractivity contribution in [3.8, 4) is 0 Å². The van der Waals surface area contributed by atoms with Crippen LogP contribution < -0.4 is 0 Å². The average Bonchev–Trinajstić information content (AvgIpc) is 2.25. The fourth-order valence-corrected chi connectivity index (χ4v) is 3.10. The first-order valence-corrected chi connectivity index (χ1v) is 6.59. The Labute approximate surface area is 107 Å². The summed E-state index contributed by atoms with van der Waals surface area (Å²) >= 11 is 0. The first-order chi connectivity index (χ1) is 8.33. The van der Waals surface area contributed by atoms with Crippen LogP contribution in [0.3, 0.4) is 0 Å². The van der Waals surface area contributed by atoms with E-state index in [9.17, 15) is 14.3 Å². The van der Waals surface area contributed by atoms with Crippen LogP contribution in [0.15, 0.2) is 0 Å². The molecule has 0 aromatic heterocycles. The fourth-order valence-electron chi connectivity index (χ4n) is 3.10. The lowest BCUT2D eigenvalue weighted by atomic mass is 9.73. The number of carbonyl (C=O) groups excluding carboxylic acids is 1. The zero-order valence-corrected chi connectivity index (χ0v) is 11.2. The summed E-state index contributed by atoms with van der Waals surface area (Å²) in [4.78, 5) is 13.7. The van der Waals surface area contributed by atoms with Crippen molar-refractivity contribution < 1.29 is 19.0 Å². The Bertz CT molecular complexity index is 329. The van der Waals surface area contributed by atoms with Crippen LogP contribution in [0.1, 0.15) is 40.0 Å². The molecule has 0 radical (unpaired) electrons. The summed E-state index contributed by atoms with van der Waals surface area (Å²) in [6.07, 6.45) is 0.597. The summed E-state index contributed by atoms with van der Waals surface area (Å²) in [6, 6.07) is -0.556. The van der Waals surface area contributed by atoms with Gasteiger partial charge in [-0.1, -0.05) is 0 Å². The zero-order chi connectivity index (χ0) is 13.5. The highest BCUT2D eigenvalue weighted by molar-refractivity contribution is 5.69. The Morgan fingerprint density at radius 2 is 2.11 bits per heavy atom. The first kappa shape index (κ1) is 13.6. The van der Waals surface area contributed by atoms with Crippen molar-refractivity contribution in [3.63, 3.8) is 0 Å². The van der Waals surface area contributed by atoms with Crippen molar-refractivity contribution in [2.45, 2.75) is 63.9 Å². The molecule has 1 aliphatic carbocycles. The van der Waals surface area contributed by atoms with Crippen molar-refractivity contribution in [1.82, 2.24) is 4.90 Å². The van der Waals surface area contributed by atoms with Gasteiger partial charge in [0, 0.05) is 12.0 Å². The molecule has 3 rings (SSSR count). The molecular formula is C13H22FNO3. The van der Waals surface area contributed by atoms with Gasteiger partial charge < -0.3 is 9.84 Å². The molecule has 2 unspecified atom stereocenters. The number of ether oxygens (including phenoxy) is 1. The molecule has 0 spiro atoms. The molecule has 0 aromatic carbocycles. The van der Waals surface area contributed by atoms with E-state index in [1.807, 2.05) is 0 Å².